The molecule has 1 fully saturated rings. The molecule has 2 rings (SSSR count). The summed E-state index contributed by atoms with van der Waals surface area (Å²) in [5, 5.41) is 0. The van der Waals surface area contributed by atoms with Crippen molar-refractivity contribution in [3.63, 3.8) is 0 Å². The van der Waals surface area contributed by atoms with Crippen LogP contribution in [0.3, 0.4) is 0 Å². The molecule has 1 amide bonds. The first kappa shape index (κ1) is 11.7. The van der Waals surface area contributed by atoms with Crippen LogP contribution in [-0.2, 0) is 4.79 Å². The van der Waals surface area contributed by atoms with Crippen molar-refractivity contribution in [2.45, 2.75) is 6.42 Å². The van der Waals surface area contributed by atoms with Gasteiger partial charge in [-0.05, 0) is 53.3 Å². The Bertz CT molecular complexity index is 422. The van der Waals surface area contributed by atoms with Gasteiger partial charge in [0.2, 0.25) is 5.91 Å². The summed E-state index contributed by atoms with van der Waals surface area (Å²) in [4.78, 5) is 13.6. The lowest BCUT2D eigenvalue weighted by molar-refractivity contribution is -0.117. The lowest BCUT2D eigenvalue weighted by Gasteiger charge is -2.18. The number of nitrogen functional groups attached to an aromatic ring is 1. The number of carbonyl (C=O) groups excluding carboxylic acids is 1. The zero-order valence-corrected chi connectivity index (χ0v) is 11.0. The van der Waals surface area contributed by atoms with Gasteiger partial charge in [-0.3, -0.25) is 4.79 Å². The molecule has 0 saturated carbocycles. The Morgan fingerprint density at radius 3 is 2.88 bits per heavy atom. The maximum Gasteiger partial charge on any atom is 0.227 e. The molecule has 1 aromatic rings. The molecule has 0 spiro atoms. The molecule has 1 aliphatic heterocycles. The fraction of sp³-hybridized carbons (Fsp3) is 0.364. The number of nitrogens with zero attached hydrogens (tertiary/aromatic N) is 1. The summed E-state index contributed by atoms with van der Waals surface area (Å²) in [7, 11) is 0. The van der Waals surface area contributed by atoms with Crippen LogP contribution < -0.4 is 16.4 Å². The Morgan fingerprint density at radius 2 is 2.25 bits per heavy atom. The average molecular weight is 331 g/mol. The molecule has 4 N–H and O–H groups in total. The van der Waals surface area contributed by atoms with Crippen molar-refractivity contribution in [2.75, 3.05) is 23.7 Å². The van der Waals surface area contributed by atoms with E-state index in [4.69, 9.17) is 11.5 Å². The van der Waals surface area contributed by atoms with E-state index < -0.39 is 0 Å². The summed E-state index contributed by atoms with van der Waals surface area (Å²) in [6.45, 7) is 1.23. The van der Waals surface area contributed by atoms with Crippen LogP contribution in [0.15, 0.2) is 18.2 Å². The van der Waals surface area contributed by atoms with E-state index in [1.54, 1.807) is 4.90 Å². The molecule has 1 heterocycles. The normalized spacial score (nSPS) is 20.5. The fourth-order valence-electron chi connectivity index (χ4n) is 1.92. The van der Waals surface area contributed by atoms with Gasteiger partial charge >= 0.3 is 0 Å². The third-order valence-corrected chi connectivity index (χ3v) is 3.49. The standard InChI is InChI=1S/C11H14IN3O/c12-8-1-2-9(14)10(4-8)15-6-7(5-13)3-11(15)16/h1-2,4,7H,3,5-6,13-14H2. The molecule has 0 aliphatic carbocycles. The van der Waals surface area contributed by atoms with E-state index in [0.29, 0.717) is 25.2 Å². The first-order valence-corrected chi connectivity index (χ1v) is 6.25. The predicted octanol–water partition coefficient (Wildman–Crippen LogP) is 1.19. The molecule has 1 aromatic carbocycles. The maximum absolute atomic E-state index is 11.8. The monoisotopic (exact) mass is 331 g/mol. The van der Waals surface area contributed by atoms with E-state index >= 15 is 0 Å². The van der Waals surface area contributed by atoms with E-state index in [1.165, 1.54) is 0 Å². The largest absolute Gasteiger partial charge is 0.397 e. The van der Waals surface area contributed by atoms with Gasteiger partial charge in [-0.25, -0.2) is 0 Å². The molecule has 1 aliphatic rings. The van der Waals surface area contributed by atoms with Crippen LogP contribution in [0.1, 0.15) is 6.42 Å². The number of halogens is 1. The van der Waals surface area contributed by atoms with E-state index in [2.05, 4.69) is 22.6 Å². The Labute approximate surface area is 108 Å². The number of amides is 1. The average Bonchev–Trinajstić information content (AvgIpc) is 2.63. The van der Waals surface area contributed by atoms with E-state index in [0.717, 1.165) is 9.26 Å². The van der Waals surface area contributed by atoms with Gasteiger partial charge in [0.25, 0.3) is 0 Å². The second kappa shape index (κ2) is 4.58. The summed E-state index contributed by atoms with van der Waals surface area (Å²) in [5.41, 5.74) is 12.9. The van der Waals surface area contributed by atoms with Gasteiger partial charge in [-0.1, -0.05) is 0 Å². The van der Waals surface area contributed by atoms with Crippen LogP contribution in [0.5, 0.6) is 0 Å². The summed E-state index contributed by atoms with van der Waals surface area (Å²) >= 11 is 2.21. The van der Waals surface area contributed by atoms with Crippen molar-refractivity contribution in [1.29, 1.82) is 0 Å². The lowest BCUT2D eigenvalue weighted by atomic mass is 10.1. The van der Waals surface area contributed by atoms with Gasteiger partial charge in [0, 0.05) is 16.5 Å². The second-order valence-corrected chi connectivity index (χ2v) is 5.26. The highest BCUT2D eigenvalue weighted by molar-refractivity contribution is 14.1. The van der Waals surface area contributed by atoms with Crippen LogP contribution in [0.4, 0.5) is 11.4 Å². The molecule has 1 atom stereocenters. The minimum atomic E-state index is 0.115. The summed E-state index contributed by atoms with van der Waals surface area (Å²) in [6, 6.07) is 5.70. The van der Waals surface area contributed by atoms with Crippen LogP contribution in [-0.4, -0.2) is 19.0 Å². The zero-order valence-electron chi connectivity index (χ0n) is 8.82. The van der Waals surface area contributed by atoms with Crippen LogP contribution in [0.25, 0.3) is 0 Å². The highest BCUT2D eigenvalue weighted by atomic mass is 127. The Hall–Kier alpha value is -0.820. The number of carbonyl (C=O) groups is 1. The minimum absolute atomic E-state index is 0.115. The minimum Gasteiger partial charge on any atom is -0.397 e. The van der Waals surface area contributed by atoms with Crippen molar-refractivity contribution in [3.05, 3.63) is 21.8 Å². The fourth-order valence-corrected chi connectivity index (χ4v) is 2.40. The Balaban J connectivity index is 2.30. The molecule has 86 valence electrons. The molecule has 0 radical (unpaired) electrons. The van der Waals surface area contributed by atoms with Crippen molar-refractivity contribution in [3.8, 4) is 0 Å². The van der Waals surface area contributed by atoms with Gasteiger partial charge in [0.05, 0.1) is 11.4 Å². The highest BCUT2D eigenvalue weighted by Crippen LogP contribution is 2.30. The molecule has 4 nitrogen and oxygen atoms in total. The number of benzene rings is 1. The molecular weight excluding hydrogens is 317 g/mol. The van der Waals surface area contributed by atoms with Crippen LogP contribution >= 0.6 is 22.6 Å². The highest BCUT2D eigenvalue weighted by Gasteiger charge is 2.30. The number of anilines is 2. The second-order valence-electron chi connectivity index (χ2n) is 4.01. The Kier molecular flexibility index (Phi) is 3.34. The number of rotatable bonds is 2. The first-order valence-electron chi connectivity index (χ1n) is 5.17. The van der Waals surface area contributed by atoms with E-state index in [9.17, 15) is 4.79 Å². The Morgan fingerprint density at radius 1 is 1.50 bits per heavy atom. The van der Waals surface area contributed by atoms with Crippen LogP contribution in [0.2, 0.25) is 0 Å². The van der Waals surface area contributed by atoms with Gasteiger partial charge < -0.3 is 16.4 Å². The SMILES string of the molecule is NCC1CC(=O)N(c2cc(I)ccc2N)C1. The third-order valence-electron chi connectivity index (χ3n) is 2.82. The first-order chi connectivity index (χ1) is 7.61. The number of hydrogen-bond acceptors (Lipinski definition) is 3. The molecular formula is C11H14IN3O. The molecule has 1 unspecified atom stereocenters. The maximum atomic E-state index is 11.8. The van der Waals surface area contributed by atoms with Crippen LogP contribution in [0, 0.1) is 9.49 Å². The molecule has 5 heteroatoms. The predicted molar refractivity (Wildman–Crippen MR) is 73.1 cm³/mol. The van der Waals surface area contributed by atoms with Crippen molar-refractivity contribution >= 4 is 39.9 Å². The quantitative estimate of drug-likeness (QED) is 0.632. The number of hydrogen-bond donors (Lipinski definition) is 2. The smallest absolute Gasteiger partial charge is 0.227 e. The molecule has 1 saturated heterocycles. The van der Waals surface area contributed by atoms with Crippen molar-refractivity contribution in [1.82, 2.24) is 0 Å². The lowest BCUT2D eigenvalue weighted by Crippen LogP contribution is -2.26. The van der Waals surface area contributed by atoms with Crippen molar-refractivity contribution < 1.29 is 4.79 Å². The summed E-state index contributed by atoms with van der Waals surface area (Å²) in [5.74, 6) is 0.369. The summed E-state index contributed by atoms with van der Waals surface area (Å²) < 4.78 is 1.07. The molecule has 16 heavy (non-hydrogen) atoms. The van der Waals surface area contributed by atoms with E-state index in [-0.39, 0.29) is 11.8 Å². The van der Waals surface area contributed by atoms with E-state index in [1.807, 2.05) is 18.2 Å². The van der Waals surface area contributed by atoms with Gasteiger partial charge in [0.15, 0.2) is 0 Å². The zero-order chi connectivity index (χ0) is 11.7. The number of nitrogens with two attached hydrogens (primary N) is 2. The van der Waals surface area contributed by atoms with Gasteiger partial charge in [-0.15, -0.1) is 0 Å². The molecule has 0 bridgehead atoms. The van der Waals surface area contributed by atoms with Crippen molar-refractivity contribution in [2.24, 2.45) is 11.7 Å². The topological polar surface area (TPSA) is 72.4 Å². The van der Waals surface area contributed by atoms with Gasteiger partial charge in [0.1, 0.15) is 0 Å². The summed E-state index contributed by atoms with van der Waals surface area (Å²) in [6.07, 6.45) is 0.529. The third kappa shape index (κ3) is 2.15. The molecule has 0 aromatic heterocycles. The van der Waals surface area contributed by atoms with Gasteiger partial charge in [-0.2, -0.15) is 0 Å².